The summed E-state index contributed by atoms with van der Waals surface area (Å²) in [5, 5.41) is 36.6. The number of hydrogen-bond acceptors (Lipinski definition) is 9. The monoisotopic (exact) mass is 235 g/mol. The molecule has 9 heteroatoms. The largest absolute Gasteiger partial charge is 0.391 e. The molecule has 94 valence electrons. The van der Waals surface area contributed by atoms with E-state index in [-0.39, 0.29) is 5.84 Å². The van der Waals surface area contributed by atoms with Gasteiger partial charge in [0.25, 0.3) is 0 Å². The minimum atomic E-state index is -1.59. The van der Waals surface area contributed by atoms with Crippen LogP contribution in [0.3, 0.4) is 0 Å². The second-order valence-corrected chi connectivity index (χ2v) is 3.33. The molecule has 0 aliphatic carbocycles. The SMILES string of the molecule is NC1N=C(CO)N(CO)C(N)(CO)N1CO. The molecular formula is C7H17N5O4. The summed E-state index contributed by atoms with van der Waals surface area (Å²) in [5.41, 5.74) is 11.4. The van der Waals surface area contributed by atoms with Crippen LogP contribution in [0, 0.1) is 0 Å². The van der Waals surface area contributed by atoms with Crippen LogP contribution in [-0.4, -0.2) is 74.8 Å². The Hall–Kier alpha value is -0.810. The number of aliphatic hydroxyl groups is 4. The molecule has 0 saturated heterocycles. The van der Waals surface area contributed by atoms with Crippen molar-refractivity contribution in [3.63, 3.8) is 0 Å². The lowest BCUT2D eigenvalue weighted by atomic mass is 10.2. The molecule has 16 heavy (non-hydrogen) atoms. The summed E-state index contributed by atoms with van der Waals surface area (Å²) >= 11 is 0. The fourth-order valence-corrected chi connectivity index (χ4v) is 1.61. The van der Waals surface area contributed by atoms with Gasteiger partial charge in [-0.2, -0.15) is 0 Å². The predicted molar refractivity (Wildman–Crippen MR) is 54.4 cm³/mol. The summed E-state index contributed by atoms with van der Waals surface area (Å²) in [6, 6.07) is 0. The van der Waals surface area contributed by atoms with E-state index in [2.05, 4.69) is 4.99 Å². The summed E-state index contributed by atoms with van der Waals surface area (Å²) in [6.45, 7) is -2.19. The molecule has 0 aromatic carbocycles. The van der Waals surface area contributed by atoms with Gasteiger partial charge < -0.3 is 25.3 Å². The second kappa shape index (κ2) is 5.01. The number of nitrogens with two attached hydrogens (primary N) is 2. The molecule has 0 fully saturated rings. The minimum Gasteiger partial charge on any atom is -0.391 e. The first-order valence-electron chi connectivity index (χ1n) is 4.64. The maximum atomic E-state index is 9.26. The van der Waals surface area contributed by atoms with Crippen LogP contribution in [-0.2, 0) is 0 Å². The molecule has 1 aliphatic heterocycles. The van der Waals surface area contributed by atoms with Crippen LogP contribution < -0.4 is 11.5 Å². The molecule has 1 aliphatic rings. The molecule has 0 bridgehead atoms. The van der Waals surface area contributed by atoms with Gasteiger partial charge in [0.15, 0.2) is 12.1 Å². The van der Waals surface area contributed by atoms with Gasteiger partial charge in [-0.05, 0) is 0 Å². The molecule has 9 nitrogen and oxygen atoms in total. The second-order valence-electron chi connectivity index (χ2n) is 3.33. The summed E-state index contributed by atoms with van der Waals surface area (Å²) < 4.78 is 0. The molecule has 2 atom stereocenters. The van der Waals surface area contributed by atoms with Crippen LogP contribution in [0.5, 0.6) is 0 Å². The zero-order chi connectivity index (χ0) is 12.3. The first-order valence-corrected chi connectivity index (χ1v) is 4.64. The quantitative estimate of drug-likeness (QED) is 0.286. The van der Waals surface area contributed by atoms with E-state index in [0.717, 1.165) is 9.80 Å². The summed E-state index contributed by atoms with van der Waals surface area (Å²) in [4.78, 5) is 5.98. The van der Waals surface area contributed by atoms with E-state index >= 15 is 0 Å². The Morgan fingerprint density at radius 2 is 1.88 bits per heavy atom. The van der Waals surface area contributed by atoms with Crippen LogP contribution in [0.15, 0.2) is 4.99 Å². The van der Waals surface area contributed by atoms with Crippen LogP contribution in [0.1, 0.15) is 0 Å². The molecule has 0 spiro atoms. The Labute approximate surface area is 92.2 Å². The minimum absolute atomic E-state index is 0.0521. The number of aliphatic hydroxyl groups excluding tert-OH is 4. The zero-order valence-corrected chi connectivity index (χ0v) is 8.69. The van der Waals surface area contributed by atoms with Crippen LogP contribution in [0.2, 0.25) is 0 Å². The Kier molecular flexibility index (Phi) is 4.15. The molecule has 0 radical (unpaired) electrons. The average Bonchev–Trinajstić information content (AvgIpc) is 2.28. The molecule has 1 heterocycles. The van der Waals surface area contributed by atoms with Gasteiger partial charge in [0.05, 0.1) is 6.61 Å². The van der Waals surface area contributed by atoms with Crippen molar-refractivity contribution in [2.24, 2.45) is 16.5 Å². The van der Waals surface area contributed by atoms with Gasteiger partial charge in [0, 0.05) is 0 Å². The highest BCUT2D eigenvalue weighted by molar-refractivity contribution is 5.84. The number of hydrogen-bond donors (Lipinski definition) is 6. The third kappa shape index (κ3) is 1.89. The highest BCUT2D eigenvalue weighted by Crippen LogP contribution is 2.21. The van der Waals surface area contributed by atoms with Gasteiger partial charge in [0.1, 0.15) is 25.9 Å². The van der Waals surface area contributed by atoms with Gasteiger partial charge in [-0.15, -0.1) is 0 Å². The number of amidine groups is 1. The lowest BCUT2D eigenvalue weighted by Crippen LogP contribution is -2.76. The normalized spacial score (nSPS) is 31.8. The van der Waals surface area contributed by atoms with Crippen LogP contribution in [0.25, 0.3) is 0 Å². The van der Waals surface area contributed by atoms with Crippen molar-refractivity contribution >= 4 is 5.84 Å². The first-order chi connectivity index (χ1) is 7.54. The molecule has 1 rings (SSSR count). The number of nitrogens with zero attached hydrogens (tertiary/aromatic N) is 3. The van der Waals surface area contributed by atoms with Gasteiger partial charge in [0.2, 0.25) is 0 Å². The van der Waals surface area contributed by atoms with E-state index < -0.39 is 38.8 Å². The lowest BCUT2D eigenvalue weighted by molar-refractivity contribution is -0.141. The smallest absolute Gasteiger partial charge is 0.177 e. The average molecular weight is 235 g/mol. The Morgan fingerprint density at radius 1 is 1.25 bits per heavy atom. The molecule has 0 saturated carbocycles. The first kappa shape index (κ1) is 13.3. The molecule has 0 aromatic heterocycles. The summed E-state index contributed by atoms with van der Waals surface area (Å²) in [6.07, 6.45) is -0.993. The topological polar surface area (TPSA) is 152 Å². The third-order valence-electron chi connectivity index (χ3n) is 2.54. The highest BCUT2D eigenvalue weighted by Gasteiger charge is 2.45. The van der Waals surface area contributed by atoms with Crippen molar-refractivity contribution in [1.29, 1.82) is 0 Å². The van der Waals surface area contributed by atoms with Crippen molar-refractivity contribution in [2.75, 3.05) is 26.7 Å². The number of aliphatic imine (C=N–C) groups is 1. The molecule has 0 aromatic rings. The maximum absolute atomic E-state index is 9.26. The van der Waals surface area contributed by atoms with E-state index in [0.29, 0.717) is 0 Å². The number of rotatable bonds is 4. The van der Waals surface area contributed by atoms with Gasteiger partial charge in [-0.1, -0.05) is 0 Å². The van der Waals surface area contributed by atoms with Crippen molar-refractivity contribution in [1.82, 2.24) is 9.80 Å². The standard InChI is InChI=1S/C7H17N5O4/c8-6-10-5(1-13)11(3-15)7(9,2-14)12(6)4-16/h6,13-16H,1-4,8-9H2. The fraction of sp³-hybridized carbons (Fsp3) is 0.857. The molecule has 2 unspecified atom stereocenters. The molecular weight excluding hydrogens is 218 g/mol. The lowest BCUT2D eigenvalue weighted by Gasteiger charge is -2.50. The highest BCUT2D eigenvalue weighted by atomic mass is 16.3. The van der Waals surface area contributed by atoms with E-state index in [4.69, 9.17) is 26.8 Å². The third-order valence-corrected chi connectivity index (χ3v) is 2.54. The Balaban J connectivity index is 3.15. The van der Waals surface area contributed by atoms with Crippen molar-refractivity contribution < 1.29 is 20.4 Å². The maximum Gasteiger partial charge on any atom is 0.177 e. The predicted octanol–water partition coefficient (Wildman–Crippen LogP) is -4.26. The van der Waals surface area contributed by atoms with Gasteiger partial charge in [-0.3, -0.25) is 11.5 Å². The zero-order valence-electron chi connectivity index (χ0n) is 8.69. The van der Waals surface area contributed by atoms with Crippen molar-refractivity contribution in [2.45, 2.75) is 12.1 Å². The van der Waals surface area contributed by atoms with Gasteiger partial charge >= 0.3 is 0 Å². The van der Waals surface area contributed by atoms with E-state index in [1.807, 2.05) is 0 Å². The Bertz CT molecular complexity index is 276. The van der Waals surface area contributed by atoms with E-state index in [9.17, 15) is 5.11 Å². The summed E-state index contributed by atoms with van der Waals surface area (Å²) in [7, 11) is 0. The molecule has 8 N–H and O–H groups in total. The van der Waals surface area contributed by atoms with Gasteiger partial charge in [-0.25, -0.2) is 9.89 Å². The summed E-state index contributed by atoms with van der Waals surface area (Å²) in [5.74, 6) is -1.54. The van der Waals surface area contributed by atoms with Crippen molar-refractivity contribution in [3.05, 3.63) is 0 Å². The Morgan fingerprint density at radius 3 is 2.25 bits per heavy atom. The fourth-order valence-electron chi connectivity index (χ4n) is 1.61. The molecule has 0 amide bonds. The van der Waals surface area contributed by atoms with E-state index in [1.165, 1.54) is 0 Å². The van der Waals surface area contributed by atoms with E-state index in [1.54, 1.807) is 0 Å². The van der Waals surface area contributed by atoms with Crippen LogP contribution in [0.4, 0.5) is 0 Å². The van der Waals surface area contributed by atoms with Crippen molar-refractivity contribution in [3.8, 4) is 0 Å². The van der Waals surface area contributed by atoms with Crippen LogP contribution >= 0.6 is 0 Å².